The van der Waals surface area contributed by atoms with Crippen LogP contribution in [0.4, 0.5) is 4.79 Å². The minimum Gasteiger partial charge on any atom is -0.444 e. The first kappa shape index (κ1) is 12.3. The highest BCUT2D eigenvalue weighted by Crippen LogP contribution is 2.32. The van der Waals surface area contributed by atoms with Crippen LogP contribution in [0.25, 0.3) is 0 Å². The SMILES string of the molecule is CC(C)(C)OC(=O)NC[C@@H]1CC[C@@H]1CN. The highest BCUT2D eigenvalue weighted by Gasteiger charge is 2.30. The number of ether oxygens (including phenoxy) is 1. The van der Waals surface area contributed by atoms with Crippen molar-refractivity contribution in [1.82, 2.24) is 5.32 Å². The van der Waals surface area contributed by atoms with E-state index in [0.717, 1.165) is 13.0 Å². The number of nitrogens with one attached hydrogen (secondary N) is 1. The molecule has 0 spiro atoms. The third-order valence-corrected chi connectivity index (χ3v) is 2.79. The van der Waals surface area contributed by atoms with Crippen LogP contribution in [0.5, 0.6) is 0 Å². The Hall–Kier alpha value is -0.770. The number of hydrogen-bond donors (Lipinski definition) is 2. The molecule has 0 aromatic heterocycles. The zero-order valence-corrected chi connectivity index (χ0v) is 9.88. The van der Waals surface area contributed by atoms with Crippen molar-refractivity contribution in [1.29, 1.82) is 0 Å². The number of alkyl carbamates (subject to hydrolysis) is 1. The van der Waals surface area contributed by atoms with Gasteiger partial charge < -0.3 is 15.8 Å². The van der Waals surface area contributed by atoms with Gasteiger partial charge in [0.25, 0.3) is 0 Å². The maximum absolute atomic E-state index is 11.3. The molecule has 1 rings (SSSR count). The van der Waals surface area contributed by atoms with Gasteiger partial charge in [-0.25, -0.2) is 4.79 Å². The molecule has 2 atom stereocenters. The molecule has 0 bridgehead atoms. The molecule has 0 aromatic rings. The van der Waals surface area contributed by atoms with Crippen molar-refractivity contribution in [2.45, 2.75) is 39.2 Å². The van der Waals surface area contributed by atoms with Crippen molar-refractivity contribution < 1.29 is 9.53 Å². The van der Waals surface area contributed by atoms with Crippen LogP contribution in [-0.4, -0.2) is 24.8 Å². The predicted molar refractivity (Wildman–Crippen MR) is 59.5 cm³/mol. The molecule has 1 aliphatic rings. The van der Waals surface area contributed by atoms with Gasteiger partial charge in [0.05, 0.1) is 0 Å². The quantitative estimate of drug-likeness (QED) is 0.748. The lowest BCUT2D eigenvalue weighted by Crippen LogP contribution is -2.42. The van der Waals surface area contributed by atoms with Crippen LogP contribution in [0.15, 0.2) is 0 Å². The average Bonchev–Trinajstić information content (AvgIpc) is 1.99. The van der Waals surface area contributed by atoms with E-state index in [4.69, 9.17) is 10.5 Å². The van der Waals surface area contributed by atoms with E-state index in [1.807, 2.05) is 20.8 Å². The van der Waals surface area contributed by atoms with Crippen LogP contribution in [0, 0.1) is 11.8 Å². The van der Waals surface area contributed by atoms with Crippen LogP contribution >= 0.6 is 0 Å². The summed E-state index contributed by atoms with van der Waals surface area (Å²) in [7, 11) is 0. The standard InChI is InChI=1S/C11H22N2O2/c1-11(2,3)15-10(14)13-7-9-5-4-8(9)6-12/h8-9H,4-7,12H2,1-3H3,(H,13,14)/t8-,9+/m1/s1. The second kappa shape index (κ2) is 4.84. The first-order valence-corrected chi connectivity index (χ1v) is 5.59. The summed E-state index contributed by atoms with van der Waals surface area (Å²) in [6.45, 7) is 6.99. The Kier molecular flexibility index (Phi) is 3.97. The summed E-state index contributed by atoms with van der Waals surface area (Å²) in [5.74, 6) is 1.13. The lowest BCUT2D eigenvalue weighted by molar-refractivity contribution is 0.0493. The van der Waals surface area contributed by atoms with Crippen LogP contribution < -0.4 is 11.1 Å². The molecule has 3 N–H and O–H groups in total. The molecule has 4 nitrogen and oxygen atoms in total. The second-order valence-electron chi connectivity index (χ2n) is 5.22. The smallest absolute Gasteiger partial charge is 0.407 e. The molecule has 4 heteroatoms. The van der Waals surface area contributed by atoms with Crippen molar-refractivity contribution in [3.05, 3.63) is 0 Å². The van der Waals surface area contributed by atoms with E-state index < -0.39 is 5.60 Å². The molecule has 1 fully saturated rings. The molecular formula is C11H22N2O2. The molecule has 0 radical (unpaired) electrons. The van der Waals surface area contributed by atoms with Gasteiger partial charge in [0.1, 0.15) is 5.60 Å². The fourth-order valence-corrected chi connectivity index (χ4v) is 1.75. The highest BCUT2D eigenvalue weighted by molar-refractivity contribution is 5.67. The normalized spacial score (nSPS) is 25.6. The second-order valence-corrected chi connectivity index (χ2v) is 5.22. The maximum atomic E-state index is 11.3. The Morgan fingerprint density at radius 1 is 1.40 bits per heavy atom. The van der Waals surface area contributed by atoms with E-state index in [2.05, 4.69) is 5.32 Å². The third-order valence-electron chi connectivity index (χ3n) is 2.79. The molecule has 0 saturated heterocycles. The van der Waals surface area contributed by atoms with Gasteiger partial charge in [-0.1, -0.05) is 0 Å². The number of nitrogens with two attached hydrogens (primary N) is 1. The molecule has 1 amide bonds. The van der Waals surface area contributed by atoms with E-state index in [9.17, 15) is 4.79 Å². The fraction of sp³-hybridized carbons (Fsp3) is 0.909. The first-order valence-electron chi connectivity index (χ1n) is 5.59. The van der Waals surface area contributed by atoms with Crippen molar-refractivity contribution in [2.24, 2.45) is 17.6 Å². The van der Waals surface area contributed by atoms with Crippen molar-refractivity contribution >= 4 is 6.09 Å². The van der Waals surface area contributed by atoms with Gasteiger partial charge in [0.2, 0.25) is 0 Å². The zero-order chi connectivity index (χ0) is 11.5. The van der Waals surface area contributed by atoms with Crippen LogP contribution in [0.1, 0.15) is 33.6 Å². The summed E-state index contributed by atoms with van der Waals surface area (Å²) < 4.78 is 5.14. The summed E-state index contributed by atoms with van der Waals surface area (Å²) in [5, 5.41) is 2.79. The minimum absolute atomic E-state index is 0.329. The summed E-state index contributed by atoms with van der Waals surface area (Å²) >= 11 is 0. The van der Waals surface area contributed by atoms with Gasteiger partial charge in [-0.3, -0.25) is 0 Å². The summed E-state index contributed by atoms with van der Waals surface area (Å²) in [4.78, 5) is 11.3. The van der Waals surface area contributed by atoms with Gasteiger partial charge in [0.15, 0.2) is 0 Å². The largest absolute Gasteiger partial charge is 0.444 e. The lowest BCUT2D eigenvalue weighted by Gasteiger charge is -2.35. The Balaban J connectivity index is 2.17. The van der Waals surface area contributed by atoms with Crippen molar-refractivity contribution in [3.8, 4) is 0 Å². The summed E-state index contributed by atoms with van der Waals surface area (Å²) in [6, 6.07) is 0. The molecule has 88 valence electrons. The van der Waals surface area contributed by atoms with E-state index in [1.54, 1.807) is 0 Å². The van der Waals surface area contributed by atoms with E-state index >= 15 is 0 Å². The number of carbonyl (C=O) groups excluding carboxylic acids is 1. The fourth-order valence-electron chi connectivity index (χ4n) is 1.75. The molecule has 0 aliphatic heterocycles. The third kappa shape index (κ3) is 4.08. The van der Waals surface area contributed by atoms with Crippen LogP contribution in [-0.2, 0) is 4.74 Å². The van der Waals surface area contributed by atoms with Gasteiger partial charge in [-0.2, -0.15) is 0 Å². The van der Waals surface area contributed by atoms with Crippen molar-refractivity contribution in [3.63, 3.8) is 0 Å². The van der Waals surface area contributed by atoms with Gasteiger partial charge in [-0.05, 0) is 52.0 Å². The molecule has 1 saturated carbocycles. The van der Waals surface area contributed by atoms with Crippen LogP contribution in [0.3, 0.4) is 0 Å². The Morgan fingerprint density at radius 3 is 2.40 bits per heavy atom. The summed E-state index contributed by atoms with van der Waals surface area (Å²) in [6.07, 6.45) is 2.03. The average molecular weight is 214 g/mol. The molecule has 15 heavy (non-hydrogen) atoms. The number of amides is 1. The van der Waals surface area contributed by atoms with E-state index in [-0.39, 0.29) is 6.09 Å². The molecule has 0 aromatic carbocycles. The number of carbonyl (C=O) groups is 1. The summed E-state index contributed by atoms with van der Waals surface area (Å²) in [5.41, 5.74) is 5.17. The molecule has 1 aliphatic carbocycles. The van der Waals surface area contributed by atoms with E-state index in [0.29, 0.717) is 18.4 Å². The Labute approximate surface area is 91.5 Å². The number of hydrogen-bond acceptors (Lipinski definition) is 3. The van der Waals surface area contributed by atoms with Crippen LogP contribution in [0.2, 0.25) is 0 Å². The Bertz CT molecular complexity index is 221. The molecule has 0 heterocycles. The maximum Gasteiger partial charge on any atom is 0.407 e. The van der Waals surface area contributed by atoms with Gasteiger partial charge >= 0.3 is 6.09 Å². The molecule has 0 unspecified atom stereocenters. The topological polar surface area (TPSA) is 64.3 Å². The van der Waals surface area contributed by atoms with Crippen molar-refractivity contribution in [2.75, 3.05) is 13.1 Å². The van der Waals surface area contributed by atoms with Gasteiger partial charge in [-0.15, -0.1) is 0 Å². The molecular weight excluding hydrogens is 192 g/mol. The minimum atomic E-state index is -0.420. The first-order chi connectivity index (χ1) is 6.92. The van der Waals surface area contributed by atoms with Gasteiger partial charge in [0, 0.05) is 6.54 Å². The zero-order valence-electron chi connectivity index (χ0n) is 9.88. The number of rotatable bonds is 3. The highest BCUT2D eigenvalue weighted by atomic mass is 16.6. The predicted octanol–water partition coefficient (Wildman–Crippen LogP) is 1.50. The monoisotopic (exact) mass is 214 g/mol. The van der Waals surface area contributed by atoms with E-state index in [1.165, 1.54) is 6.42 Å². The lowest BCUT2D eigenvalue weighted by atomic mass is 9.74. The Morgan fingerprint density at radius 2 is 2.00 bits per heavy atom.